The van der Waals surface area contributed by atoms with Crippen LogP contribution in [-0.2, 0) is 85.3 Å². The lowest BCUT2D eigenvalue weighted by atomic mass is 9.96. The predicted octanol–water partition coefficient (Wildman–Crippen LogP) is 15.7. The first-order valence-electron chi connectivity index (χ1n) is 44.7. The van der Waals surface area contributed by atoms with Crippen molar-refractivity contribution in [2.75, 3.05) is 19.8 Å². The normalized spacial score (nSPS) is 21.5. The van der Waals surface area contributed by atoms with Crippen LogP contribution in [0.15, 0.2) is 364 Å². The summed E-state index contributed by atoms with van der Waals surface area (Å²) >= 11 is 0. The maximum absolute atomic E-state index is 15.3. The first-order chi connectivity index (χ1) is 67.7. The highest BCUT2D eigenvalue weighted by Gasteiger charge is 2.58. The van der Waals surface area contributed by atoms with Gasteiger partial charge in [-0.25, -0.2) is 57.5 Å². The molecule has 3 aliphatic rings. The Bertz CT molecular complexity index is 5850. The Labute approximate surface area is 798 Å². The highest BCUT2D eigenvalue weighted by atomic mass is 16.8. The van der Waals surface area contributed by atoms with Gasteiger partial charge in [0.15, 0.2) is 73.8 Å². The van der Waals surface area contributed by atoms with E-state index < -0.39 is 215 Å². The first-order valence-corrected chi connectivity index (χ1v) is 44.7. The fraction of sp³-hybridized carbons (Fsp3) is 0.229. The zero-order chi connectivity index (χ0) is 96.9. The summed E-state index contributed by atoms with van der Waals surface area (Å²) in [6.07, 6.45) is -34.7. The van der Waals surface area contributed by atoms with Gasteiger partial charge >= 0.3 is 71.6 Å². The molecule has 30 heteroatoms. The molecule has 3 fully saturated rings. The summed E-state index contributed by atoms with van der Waals surface area (Å²) in [5.41, 5.74) is -0.119. The van der Waals surface area contributed by atoms with E-state index in [-0.39, 0.29) is 66.8 Å². The maximum Gasteiger partial charge on any atom is 0.338 e. The fourth-order valence-corrected chi connectivity index (χ4v) is 15.6. The molecule has 2 unspecified atom stereocenters. The third kappa shape index (κ3) is 26.2. The van der Waals surface area contributed by atoms with Gasteiger partial charge in [-0.2, -0.15) is 0 Å². The van der Waals surface area contributed by atoms with Gasteiger partial charge in [0.05, 0.1) is 85.1 Å². The molecule has 0 radical (unpaired) electrons. The average molecular weight is 1880 g/mol. The molecule has 0 bridgehead atoms. The molecule has 0 amide bonds. The Morgan fingerprint density at radius 2 is 0.338 bits per heavy atom. The van der Waals surface area contributed by atoms with Gasteiger partial charge in [0, 0.05) is 0 Å². The van der Waals surface area contributed by atoms with Crippen LogP contribution >= 0.6 is 0 Å². The van der Waals surface area contributed by atoms with Gasteiger partial charge in [0.2, 0.25) is 0 Å². The summed E-state index contributed by atoms with van der Waals surface area (Å²) in [5, 5.41) is 0. The Kier molecular flexibility index (Phi) is 33.7. The SMILES string of the molecule is CC(CC(CC(C)O[C@H]1O[C@H](COC(=O)c2ccccc2)[C@@H](OC(=O)c2ccccc2)[C@H](OC(=O)c2ccccc2)[C@@H]1OC(=O)c1ccccc1)O[C@H]1O[C@H](COC(=O)c2ccccc2)[C@@H](OC(=O)c2ccccc2)[C@H](OC(=O)c2ccccc2)[C@@H]1OC(=O)c1ccccc1)O[C@H]1O[C@H](COC(=O)c2ccccc2)[C@@H](OC(=O)c2ccccc2)[C@H](OC(=O)c2ccccc2)[C@@H]1OC(=O)c1ccccc1. The van der Waals surface area contributed by atoms with Crippen LogP contribution in [0.4, 0.5) is 0 Å². The monoisotopic (exact) mass is 1880 g/mol. The lowest BCUT2D eigenvalue weighted by Gasteiger charge is -2.46. The van der Waals surface area contributed by atoms with Gasteiger partial charge in [-0.05, 0) is 172 Å². The summed E-state index contributed by atoms with van der Waals surface area (Å²) < 4.78 is 119. The minimum Gasteiger partial charge on any atom is -0.459 e. The summed E-state index contributed by atoms with van der Waals surface area (Å²) in [7, 11) is 0. The highest BCUT2D eigenvalue weighted by Crippen LogP contribution is 2.39. The lowest BCUT2D eigenvalue weighted by Crippen LogP contribution is -2.64. The van der Waals surface area contributed by atoms with Gasteiger partial charge in [-0.1, -0.05) is 218 Å². The van der Waals surface area contributed by atoms with Crippen LogP contribution in [0.25, 0.3) is 0 Å². The minimum atomic E-state index is -2.13. The van der Waals surface area contributed by atoms with Crippen molar-refractivity contribution in [3.63, 3.8) is 0 Å². The van der Waals surface area contributed by atoms with Crippen molar-refractivity contribution in [1.82, 2.24) is 0 Å². The lowest BCUT2D eigenvalue weighted by molar-refractivity contribution is -0.325. The van der Waals surface area contributed by atoms with Gasteiger partial charge in [0.1, 0.15) is 38.1 Å². The van der Waals surface area contributed by atoms with Crippen LogP contribution in [0.1, 0.15) is 151 Å². The Morgan fingerprint density at radius 1 is 0.194 bits per heavy atom. The molecule has 3 aliphatic heterocycles. The van der Waals surface area contributed by atoms with Crippen molar-refractivity contribution in [3.05, 3.63) is 431 Å². The summed E-state index contributed by atoms with van der Waals surface area (Å²) in [6, 6.07) is 92.1. The molecule has 3 saturated heterocycles. The molecule has 30 nitrogen and oxygen atoms in total. The second-order valence-electron chi connectivity index (χ2n) is 32.3. The van der Waals surface area contributed by atoms with E-state index in [0.29, 0.717) is 0 Å². The van der Waals surface area contributed by atoms with Crippen molar-refractivity contribution in [1.29, 1.82) is 0 Å². The van der Waals surface area contributed by atoms with Crippen molar-refractivity contribution >= 4 is 71.6 Å². The van der Waals surface area contributed by atoms with Gasteiger partial charge in [-0.15, -0.1) is 0 Å². The van der Waals surface area contributed by atoms with Gasteiger partial charge < -0.3 is 85.3 Å². The molecule has 0 saturated carbocycles. The number of carbonyl (C=O) groups excluding carboxylic acids is 12. The molecular formula is C109H94O30. The fourth-order valence-electron chi connectivity index (χ4n) is 15.6. The van der Waals surface area contributed by atoms with Crippen LogP contribution in [0.3, 0.4) is 0 Å². The van der Waals surface area contributed by atoms with Gasteiger partial charge in [-0.3, -0.25) is 0 Å². The summed E-state index contributed by atoms with van der Waals surface area (Å²) in [5.74, 6) is -12.1. The molecule has 0 aliphatic carbocycles. The zero-order valence-electron chi connectivity index (χ0n) is 74.8. The highest BCUT2D eigenvalue weighted by molar-refractivity contribution is 5.96. The van der Waals surface area contributed by atoms with Gasteiger partial charge in [0.25, 0.3) is 0 Å². The quantitative estimate of drug-likeness (QED) is 0.0258. The summed E-state index contributed by atoms with van der Waals surface area (Å²) in [6.45, 7) is 0.565. The van der Waals surface area contributed by atoms with E-state index in [1.807, 2.05) is 0 Å². The third-order valence-corrected chi connectivity index (χ3v) is 22.5. The van der Waals surface area contributed by atoms with Crippen molar-refractivity contribution in [2.24, 2.45) is 0 Å². The van der Waals surface area contributed by atoms with Crippen LogP contribution in [0.5, 0.6) is 0 Å². The number of benzene rings is 12. The molecule has 12 aromatic rings. The van der Waals surface area contributed by atoms with Crippen LogP contribution in [-0.4, -0.2) is 202 Å². The predicted molar refractivity (Wildman–Crippen MR) is 492 cm³/mol. The second kappa shape index (κ2) is 48.0. The molecule has 0 spiro atoms. The number of hydrogen-bond donors (Lipinski definition) is 0. The van der Waals surface area contributed by atoms with E-state index in [2.05, 4.69) is 0 Å². The van der Waals surface area contributed by atoms with E-state index in [1.165, 1.54) is 159 Å². The Hall–Kier alpha value is -16.0. The second-order valence-corrected chi connectivity index (χ2v) is 32.3. The van der Waals surface area contributed by atoms with Crippen LogP contribution < -0.4 is 0 Å². The van der Waals surface area contributed by atoms with Crippen molar-refractivity contribution in [3.8, 4) is 0 Å². The van der Waals surface area contributed by atoms with E-state index in [1.54, 1.807) is 218 Å². The zero-order valence-corrected chi connectivity index (χ0v) is 74.8. The molecule has 0 N–H and O–H groups in total. The third-order valence-electron chi connectivity index (χ3n) is 22.5. The molecule has 710 valence electrons. The molecule has 15 rings (SSSR count). The van der Waals surface area contributed by atoms with Crippen LogP contribution in [0, 0.1) is 0 Å². The number of rotatable bonds is 37. The Morgan fingerprint density at radius 3 is 0.511 bits per heavy atom. The molecule has 0 aromatic heterocycles. The van der Waals surface area contributed by atoms with E-state index >= 15 is 28.8 Å². The van der Waals surface area contributed by atoms with E-state index in [9.17, 15) is 28.8 Å². The van der Waals surface area contributed by atoms with E-state index in [0.717, 1.165) is 0 Å². The first kappa shape index (κ1) is 97.6. The average Bonchev–Trinajstić information content (AvgIpc) is 0.775. The molecule has 3 heterocycles. The number of esters is 12. The van der Waals surface area contributed by atoms with Crippen molar-refractivity contribution < 1.29 is 143 Å². The minimum absolute atomic E-state index is 0.00421. The number of ether oxygens (including phenoxy) is 18. The summed E-state index contributed by atoms with van der Waals surface area (Å²) in [4.78, 5) is 178. The topological polar surface area (TPSA) is 371 Å². The molecule has 17 atom stereocenters. The van der Waals surface area contributed by atoms with Crippen LogP contribution in [0.2, 0.25) is 0 Å². The number of carbonyl (C=O) groups is 12. The van der Waals surface area contributed by atoms with E-state index in [4.69, 9.17) is 85.3 Å². The number of hydrogen-bond acceptors (Lipinski definition) is 30. The molecular weight excluding hydrogens is 1790 g/mol. The maximum atomic E-state index is 15.3. The largest absolute Gasteiger partial charge is 0.459 e. The smallest absolute Gasteiger partial charge is 0.338 e. The molecule has 139 heavy (non-hydrogen) atoms. The standard InChI is InChI=1S/C109H94O30/c1-68(125-107-92(137-104(119)79-57-33-12-34-58-79)89(134-101(116)76-51-27-9-28-52-76)86(131-98(113)73-45-21-6-22-46-73)83(128-107)65-122-95(110)70-39-15-3-16-40-70)63-82(127-109-94(139-106(121)81-61-37-14-38-62-81)91(136-103(118)78-55-31-11-32-56-78)88(133-100(115)75-49-25-8-26-50-75)85(130-109)67-124-97(112)72-43-19-5-20-44-72)64-69(2)126-108-93(138-105(120)80-59-35-13-36-60-80)90(135-102(117)77-53-29-10-30-54-77)87(132-99(114)74-47-23-7-24-48-74)84(129-108)66-123-96(111)71-41-17-4-18-42-71/h3-62,68-69,82-94,107-109H,63-67H2,1-2H3/t68?,69?,82?,83-,84-,85-,86-,87-,88-,89+,90+,91+,92+,93+,94+,107+,108+,109+/m1/s1. The van der Waals surface area contributed by atoms with Crippen molar-refractivity contribution in [2.45, 2.75) is 137 Å². The molecule has 12 aromatic carbocycles. The Balaban J connectivity index is 0.879.